The van der Waals surface area contributed by atoms with Crippen LogP contribution in [-0.4, -0.2) is 38.2 Å². The monoisotopic (exact) mass is 238 g/mol. The summed E-state index contributed by atoms with van der Waals surface area (Å²) in [5.41, 5.74) is 0.714. The van der Waals surface area contributed by atoms with Crippen molar-refractivity contribution in [3.63, 3.8) is 0 Å². The summed E-state index contributed by atoms with van der Waals surface area (Å²) in [4.78, 5) is 2.29. The van der Waals surface area contributed by atoms with Crippen molar-refractivity contribution < 1.29 is 9.13 Å². The van der Waals surface area contributed by atoms with Crippen molar-refractivity contribution in [3.05, 3.63) is 29.6 Å². The molecule has 4 heteroatoms. The molecule has 0 unspecified atom stereocenters. The third kappa shape index (κ3) is 2.58. The van der Waals surface area contributed by atoms with E-state index in [1.807, 2.05) is 19.1 Å². The van der Waals surface area contributed by atoms with Gasteiger partial charge in [-0.2, -0.15) is 0 Å². The van der Waals surface area contributed by atoms with Gasteiger partial charge in [0.15, 0.2) is 11.6 Å². The van der Waals surface area contributed by atoms with Crippen molar-refractivity contribution in [1.29, 1.82) is 0 Å². The number of halogens is 1. The van der Waals surface area contributed by atoms with E-state index in [1.165, 1.54) is 7.11 Å². The van der Waals surface area contributed by atoms with Crippen LogP contribution in [0.3, 0.4) is 0 Å². The molecule has 1 aliphatic heterocycles. The fourth-order valence-corrected chi connectivity index (χ4v) is 2.27. The van der Waals surface area contributed by atoms with E-state index in [2.05, 4.69) is 10.2 Å². The molecule has 0 aliphatic carbocycles. The Morgan fingerprint density at radius 3 is 2.71 bits per heavy atom. The summed E-state index contributed by atoms with van der Waals surface area (Å²) in [6.07, 6.45) is 0. The Balaban J connectivity index is 2.20. The maximum Gasteiger partial charge on any atom is 0.169 e. The first-order valence-corrected chi connectivity index (χ1v) is 6.01. The van der Waals surface area contributed by atoms with Crippen LogP contribution < -0.4 is 10.1 Å². The van der Waals surface area contributed by atoms with Crippen molar-refractivity contribution >= 4 is 0 Å². The van der Waals surface area contributed by atoms with Gasteiger partial charge in [0.05, 0.1) is 7.11 Å². The first-order valence-electron chi connectivity index (χ1n) is 6.01. The number of piperazine rings is 1. The molecule has 0 radical (unpaired) electrons. The highest BCUT2D eigenvalue weighted by Gasteiger charge is 2.21. The van der Waals surface area contributed by atoms with E-state index in [1.54, 1.807) is 6.07 Å². The van der Waals surface area contributed by atoms with Gasteiger partial charge in [-0.1, -0.05) is 12.1 Å². The normalized spacial score (nSPS) is 19.0. The van der Waals surface area contributed by atoms with Crippen LogP contribution in [0.25, 0.3) is 0 Å². The Bertz CT molecular complexity index is 378. The molecule has 1 heterocycles. The number of benzene rings is 1. The quantitative estimate of drug-likeness (QED) is 0.869. The zero-order valence-corrected chi connectivity index (χ0v) is 10.4. The summed E-state index contributed by atoms with van der Waals surface area (Å²) in [6, 6.07) is 5.43. The molecule has 1 saturated heterocycles. The number of nitrogens with zero attached hydrogens (tertiary/aromatic N) is 1. The fourth-order valence-electron chi connectivity index (χ4n) is 2.27. The minimum Gasteiger partial charge on any atom is -0.494 e. The lowest BCUT2D eigenvalue weighted by Crippen LogP contribution is -2.44. The van der Waals surface area contributed by atoms with E-state index in [0.29, 0.717) is 11.3 Å². The largest absolute Gasteiger partial charge is 0.494 e. The summed E-state index contributed by atoms with van der Waals surface area (Å²) in [6.45, 7) is 5.89. The minimum absolute atomic E-state index is 0.0900. The van der Waals surface area contributed by atoms with E-state index in [4.69, 9.17) is 4.74 Å². The Morgan fingerprint density at radius 1 is 1.35 bits per heavy atom. The number of methoxy groups -OCH3 is 1. The average Bonchev–Trinajstić information content (AvgIpc) is 2.39. The number of rotatable bonds is 3. The van der Waals surface area contributed by atoms with Crippen molar-refractivity contribution in [2.45, 2.75) is 13.0 Å². The van der Waals surface area contributed by atoms with Crippen LogP contribution >= 0.6 is 0 Å². The van der Waals surface area contributed by atoms with E-state index in [0.717, 1.165) is 26.2 Å². The molecular formula is C13H19FN2O. The first-order chi connectivity index (χ1) is 8.24. The molecule has 94 valence electrons. The molecule has 0 spiro atoms. The Hall–Kier alpha value is -1.13. The molecule has 1 fully saturated rings. The zero-order chi connectivity index (χ0) is 12.3. The predicted molar refractivity (Wildman–Crippen MR) is 65.8 cm³/mol. The van der Waals surface area contributed by atoms with Gasteiger partial charge < -0.3 is 10.1 Å². The summed E-state index contributed by atoms with van der Waals surface area (Å²) >= 11 is 0. The number of ether oxygens (including phenoxy) is 1. The highest BCUT2D eigenvalue weighted by Crippen LogP contribution is 2.28. The van der Waals surface area contributed by atoms with E-state index in [9.17, 15) is 4.39 Å². The van der Waals surface area contributed by atoms with Gasteiger partial charge in [-0.05, 0) is 13.0 Å². The molecule has 3 nitrogen and oxygen atoms in total. The van der Waals surface area contributed by atoms with Gasteiger partial charge in [0.1, 0.15) is 0 Å². The van der Waals surface area contributed by atoms with Crippen molar-refractivity contribution in [3.8, 4) is 5.75 Å². The van der Waals surface area contributed by atoms with Crippen LogP contribution in [0.5, 0.6) is 5.75 Å². The van der Waals surface area contributed by atoms with Gasteiger partial charge in [-0.3, -0.25) is 4.90 Å². The van der Waals surface area contributed by atoms with Gasteiger partial charge in [0.2, 0.25) is 0 Å². The van der Waals surface area contributed by atoms with Gasteiger partial charge >= 0.3 is 0 Å². The predicted octanol–water partition coefficient (Wildman–Crippen LogP) is 1.80. The maximum atomic E-state index is 14.1. The second-order valence-electron chi connectivity index (χ2n) is 4.33. The summed E-state index contributed by atoms with van der Waals surface area (Å²) in [5.74, 6) is 0.0884. The minimum atomic E-state index is -0.235. The van der Waals surface area contributed by atoms with Crippen molar-refractivity contribution in [2.75, 3.05) is 33.3 Å². The van der Waals surface area contributed by atoms with Gasteiger partial charge in [0.25, 0.3) is 0 Å². The number of hydrogen-bond donors (Lipinski definition) is 1. The molecule has 1 N–H and O–H groups in total. The SMILES string of the molecule is COc1cccc([C@@H](C)N2CCNCC2)c1F. The van der Waals surface area contributed by atoms with Crippen LogP contribution in [0, 0.1) is 5.82 Å². The molecule has 0 amide bonds. The van der Waals surface area contributed by atoms with Gasteiger partial charge in [-0.25, -0.2) is 4.39 Å². The van der Waals surface area contributed by atoms with E-state index in [-0.39, 0.29) is 11.9 Å². The summed E-state index contributed by atoms with van der Waals surface area (Å²) < 4.78 is 19.1. The lowest BCUT2D eigenvalue weighted by atomic mass is 10.1. The molecule has 17 heavy (non-hydrogen) atoms. The number of nitrogens with one attached hydrogen (secondary N) is 1. The summed E-state index contributed by atoms with van der Waals surface area (Å²) in [5, 5.41) is 3.30. The zero-order valence-electron chi connectivity index (χ0n) is 10.4. The van der Waals surface area contributed by atoms with Gasteiger partial charge in [0, 0.05) is 37.8 Å². The van der Waals surface area contributed by atoms with Crippen LogP contribution in [0.1, 0.15) is 18.5 Å². The second kappa shape index (κ2) is 5.47. The molecule has 1 atom stereocenters. The van der Waals surface area contributed by atoms with E-state index >= 15 is 0 Å². The average molecular weight is 238 g/mol. The Morgan fingerprint density at radius 2 is 2.06 bits per heavy atom. The van der Waals surface area contributed by atoms with Gasteiger partial charge in [-0.15, -0.1) is 0 Å². The van der Waals surface area contributed by atoms with Crippen LogP contribution in [0.4, 0.5) is 4.39 Å². The fraction of sp³-hybridized carbons (Fsp3) is 0.538. The third-order valence-electron chi connectivity index (χ3n) is 3.36. The molecule has 0 aromatic heterocycles. The van der Waals surface area contributed by atoms with Crippen LogP contribution in [-0.2, 0) is 0 Å². The molecule has 1 aliphatic rings. The summed E-state index contributed by atoms with van der Waals surface area (Å²) in [7, 11) is 1.50. The molecule has 1 aromatic carbocycles. The van der Waals surface area contributed by atoms with Crippen LogP contribution in [0.15, 0.2) is 18.2 Å². The van der Waals surface area contributed by atoms with E-state index < -0.39 is 0 Å². The first kappa shape index (κ1) is 12.3. The van der Waals surface area contributed by atoms with Crippen molar-refractivity contribution in [2.24, 2.45) is 0 Å². The third-order valence-corrected chi connectivity index (χ3v) is 3.36. The smallest absolute Gasteiger partial charge is 0.169 e. The maximum absolute atomic E-state index is 14.1. The van der Waals surface area contributed by atoms with Crippen LogP contribution in [0.2, 0.25) is 0 Å². The van der Waals surface area contributed by atoms with Crippen molar-refractivity contribution in [1.82, 2.24) is 10.2 Å². The highest BCUT2D eigenvalue weighted by molar-refractivity contribution is 5.32. The highest BCUT2D eigenvalue weighted by atomic mass is 19.1. The molecule has 0 bridgehead atoms. The Kier molecular flexibility index (Phi) is 3.97. The molecule has 0 saturated carbocycles. The standard InChI is InChI=1S/C13H19FN2O/c1-10(16-8-6-15-7-9-16)11-4-3-5-12(17-2)13(11)14/h3-5,10,15H,6-9H2,1-2H3/t10-/m1/s1. The topological polar surface area (TPSA) is 24.5 Å². The molecular weight excluding hydrogens is 219 g/mol. The second-order valence-corrected chi connectivity index (χ2v) is 4.33. The Labute approximate surface area is 102 Å². The molecule has 1 aromatic rings. The molecule has 2 rings (SSSR count). The number of hydrogen-bond acceptors (Lipinski definition) is 3. The lowest BCUT2D eigenvalue weighted by Gasteiger charge is -2.33. The lowest BCUT2D eigenvalue weighted by molar-refractivity contribution is 0.181.